The molecule has 3 aromatic rings. The SMILES string of the molecule is CCOC(=O)Cn1c(=NC(=O)C2CCCN2S(=O)(=O)c2ccc(OC)cc2)sc2cc(OC)c(OC)cc21. The number of fused-ring (bicyclic) bond motifs is 1. The Balaban J connectivity index is 1.75. The van der Waals surface area contributed by atoms with E-state index in [9.17, 15) is 18.0 Å². The second-order valence-electron chi connectivity index (χ2n) is 8.35. The molecule has 4 rings (SSSR count). The van der Waals surface area contributed by atoms with Crippen molar-refractivity contribution in [2.45, 2.75) is 37.2 Å². The van der Waals surface area contributed by atoms with Crippen LogP contribution in [0.4, 0.5) is 0 Å². The number of ether oxygens (including phenoxy) is 4. The molecule has 1 aliphatic heterocycles. The second-order valence-corrected chi connectivity index (χ2v) is 11.2. The molecule has 1 atom stereocenters. The summed E-state index contributed by atoms with van der Waals surface area (Å²) in [6.45, 7) is 1.91. The van der Waals surface area contributed by atoms with E-state index in [2.05, 4.69) is 4.99 Å². The number of aromatic nitrogens is 1. The molecule has 1 aliphatic rings. The third kappa shape index (κ3) is 5.40. The lowest BCUT2D eigenvalue weighted by molar-refractivity contribution is -0.143. The van der Waals surface area contributed by atoms with Crippen LogP contribution in [0.25, 0.3) is 10.2 Å². The van der Waals surface area contributed by atoms with Crippen LogP contribution in [0.15, 0.2) is 46.3 Å². The highest BCUT2D eigenvalue weighted by atomic mass is 32.2. The van der Waals surface area contributed by atoms with E-state index >= 15 is 0 Å². The number of rotatable bonds is 9. The average molecular weight is 564 g/mol. The third-order valence-corrected chi connectivity index (χ3v) is 9.10. The Morgan fingerprint density at radius 3 is 2.37 bits per heavy atom. The highest BCUT2D eigenvalue weighted by molar-refractivity contribution is 7.89. The van der Waals surface area contributed by atoms with Gasteiger partial charge in [0.1, 0.15) is 18.3 Å². The smallest absolute Gasteiger partial charge is 0.326 e. The maximum absolute atomic E-state index is 13.4. The van der Waals surface area contributed by atoms with E-state index in [4.69, 9.17) is 18.9 Å². The summed E-state index contributed by atoms with van der Waals surface area (Å²) in [6.07, 6.45) is 0.854. The Kier molecular flexibility index (Phi) is 8.38. The maximum Gasteiger partial charge on any atom is 0.326 e. The Bertz CT molecular complexity index is 1510. The number of sulfonamides is 1. The molecule has 1 fully saturated rings. The van der Waals surface area contributed by atoms with Crippen molar-refractivity contribution < 1.29 is 37.0 Å². The van der Waals surface area contributed by atoms with E-state index < -0.39 is 27.9 Å². The predicted octanol–water partition coefficient (Wildman–Crippen LogP) is 2.57. The van der Waals surface area contributed by atoms with Gasteiger partial charge in [0, 0.05) is 18.7 Å². The Morgan fingerprint density at radius 1 is 1.05 bits per heavy atom. The second kappa shape index (κ2) is 11.5. The summed E-state index contributed by atoms with van der Waals surface area (Å²) in [6, 6.07) is 8.48. The number of hydrogen-bond acceptors (Lipinski definition) is 9. The predicted molar refractivity (Wildman–Crippen MR) is 140 cm³/mol. The van der Waals surface area contributed by atoms with Crippen LogP contribution in [0, 0.1) is 0 Å². The fourth-order valence-electron chi connectivity index (χ4n) is 4.30. The zero-order valence-electron chi connectivity index (χ0n) is 21.5. The van der Waals surface area contributed by atoms with Crippen LogP contribution < -0.4 is 19.0 Å². The number of carbonyl (C=O) groups excluding carboxylic acids is 2. The van der Waals surface area contributed by atoms with Crippen LogP contribution in [0.5, 0.6) is 17.2 Å². The number of esters is 1. The van der Waals surface area contributed by atoms with Gasteiger partial charge in [0.2, 0.25) is 10.0 Å². The van der Waals surface area contributed by atoms with Crippen molar-refractivity contribution >= 4 is 43.5 Å². The molecule has 38 heavy (non-hydrogen) atoms. The first-order valence-corrected chi connectivity index (χ1v) is 14.1. The molecule has 1 saturated heterocycles. The molecule has 1 unspecified atom stereocenters. The summed E-state index contributed by atoms with van der Waals surface area (Å²) in [5.41, 5.74) is 0.599. The molecule has 204 valence electrons. The summed E-state index contributed by atoms with van der Waals surface area (Å²) in [5.74, 6) is 0.344. The van der Waals surface area contributed by atoms with E-state index in [0.29, 0.717) is 40.3 Å². The lowest BCUT2D eigenvalue weighted by Crippen LogP contribution is -2.40. The van der Waals surface area contributed by atoms with Crippen molar-refractivity contribution in [1.82, 2.24) is 8.87 Å². The fraction of sp³-hybridized carbons (Fsp3) is 0.400. The average Bonchev–Trinajstić information content (AvgIpc) is 3.54. The molecule has 0 saturated carbocycles. The van der Waals surface area contributed by atoms with Gasteiger partial charge in [-0.05, 0) is 44.0 Å². The minimum atomic E-state index is -3.94. The van der Waals surface area contributed by atoms with Gasteiger partial charge in [0.05, 0.1) is 43.0 Å². The van der Waals surface area contributed by atoms with Crippen LogP contribution in [-0.4, -0.2) is 69.7 Å². The molecule has 2 heterocycles. The van der Waals surface area contributed by atoms with E-state index in [1.54, 1.807) is 35.8 Å². The highest BCUT2D eigenvalue weighted by Gasteiger charge is 2.39. The molecule has 0 N–H and O–H groups in total. The molecule has 0 spiro atoms. The lowest BCUT2D eigenvalue weighted by Gasteiger charge is -2.21. The largest absolute Gasteiger partial charge is 0.497 e. The van der Waals surface area contributed by atoms with E-state index in [0.717, 1.165) is 0 Å². The molecule has 1 aromatic heterocycles. The molecule has 1 amide bonds. The summed E-state index contributed by atoms with van der Waals surface area (Å²) in [7, 11) is 0.561. The van der Waals surface area contributed by atoms with Crippen molar-refractivity contribution in [3.8, 4) is 17.2 Å². The van der Waals surface area contributed by atoms with Crippen LogP contribution in [0.2, 0.25) is 0 Å². The maximum atomic E-state index is 13.4. The van der Waals surface area contributed by atoms with Crippen LogP contribution in [0.3, 0.4) is 0 Å². The molecular weight excluding hydrogens is 534 g/mol. The number of thiazole rings is 1. The number of carbonyl (C=O) groups is 2. The van der Waals surface area contributed by atoms with Crippen LogP contribution in [-0.2, 0) is 30.9 Å². The molecule has 0 aliphatic carbocycles. The first kappa shape index (κ1) is 27.6. The van der Waals surface area contributed by atoms with Crippen molar-refractivity contribution in [2.24, 2.45) is 4.99 Å². The van der Waals surface area contributed by atoms with Gasteiger partial charge in [-0.3, -0.25) is 9.59 Å². The van der Waals surface area contributed by atoms with Crippen molar-refractivity contribution in [1.29, 1.82) is 0 Å². The molecule has 0 radical (unpaired) electrons. The Hall–Kier alpha value is -3.42. The zero-order chi connectivity index (χ0) is 27.4. The first-order chi connectivity index (χ1) is 18.2. The van der Waals surface area contributed by atoms with Crippen molar-refractivity contribution in [3.05, 3.63) is 41.2 Å². The number of benzene rings is 2. The quantitative estimate of drug-likeness (QED) is 0.364. The number of amides is 1. The van der Waals surface area contributed by atoms with Gasteiger partial charge in [-0.25, -0.2) is 8.42 Å². The van der Waals surface area contributed by atoms with Gasteiger partial charge in [-0.2, -0.15) is 9.30 Å². The number of nitrogens with zero attached hydrogens (tertiary/aromatic N) is 3. The number of hydrogen-bond donors (Lipinski definition) is 0. The van der Waals surface area contributed by atoms with Gasteiger partial charge in [0.15, 0.2) is 16.3 Å². The molecule has 0 bridgehead atoms. The van der Waals surface area contributed by atoms with Gasteiger partial charge >= 0.3 is 5.97 Å². The summed E-state index contributed by atoms with van der Waals surface area (Å²) < 4.78 is 51.2. The first-order valence-electron chi connectivity index (χ1n) is 11.9. The normalized spacial score (nSPS) is 16.5. The molecule has 2 aromatic carbocycles. The van der Waals surface area contributed by atoms with Gasteiger partial charge in [-0.1, -0.05) is 11.3 Å². The van der Waals surface area contributed by atoms with Gasteiger partial charge < -0.3 is 23.5 Å². The molecule has 13 heteroatoms. The third-order valence-electron chi connectivity index (χ3n) is 6.14. The molecular formula is C25H29N3O8S2. The topological polar surface area (TPSA) is 126 Å². The molecule has 11 nitrogen and oxygen atoms in total. The highest BCUT2D eigenvalue weighted by Crippen LogP contribution is 2.34. The number of methoxy groups -OCH3 is 3. The van der Waals surface area contributed by atoms with E-state index in [-0.39, 0.29) is 29.4 Å². The lowest BCUT2D eigenvalue weighted by atomic mass is 10.2. The van der Waals surface area contributed by atoms with Crippen LogP contribution in [0.1, 0.15) is 19.8 Å². The van der Waals surface area contributed by atoms with E-state index in [1.807, 2.05) is 0 Å². The van der Waals surface area contributed by atoms with Gasteiger partial charge in [-0.15, -0.1) is 0 Å². The summed E-state index contributed by atoms with van der Waals surface area (Å²) >= 11 is 1.18. The zero-order valence-corrected chi connectivity index (χ0v) is 23.1. The summed E-state index contributed by atoms with van der Waals surface area (Å²) in [4.78, 5) is 30.4. The fourth-order valence-corrected chi connectivity index (χ4v) is 6.99. The summed E-state index contributed by atoms with van der Waals surface area (Å²) in [5, 5.41) is 0. The minimum absolute atomic E-state index is 0.0661. The van der Waals surface area contributed by atoms with Crippen molar-refractivity contribution in [2.75, 3.05) is 34.5 Å². The van der Waals surface area contributed by atoms with Gasteiger partial charge in [0.25, 0.3) is 5.91 Å². The van der Waals surface area contributed by atoms with Crippen molar-refractivity contribution in [3.63, 3.8) is 0 Å². The Morgan fingerprint density at radius 2 is 1.74 bits per heavy atom. The monoisotopic (exact) mass is 563 g/mol. The Labute approximate surface area is 224 Å². The van der Waals surface area contributed by atoms with Crippen LogP contribution >= 0.6 is 11.3 Å². The minimum Gasteiger partial charge on any atom is -0.497 e. The standard InChI is InChI=1S/C25H29N3O8S2/c1-5-36-23(29)15-27-19-13-20(34-3)21(35-4)14-22(19)37-25(27)26-24(30)18-7-6-12-28(18)38(31,32)17-10-8-16(33-2)9-11-17/h8-11,13-14,18H,5-7,12,15H2,1-4H3. The van der Waals surface area contributed by atoms with E-state index in [1.165, 1.54) is 49.1 Å².